The molecule has 4 nitrogen and oxygen atoms in total. The summed E-state index contributed by atoms with van der Waals surface area (Å²) in [5, 5.41) is 4.69. The Bertz CT molecular complexity index is 1290. The molecule has 5 rings (SSSR count). The van der Waals surface area contributed by atoms with Gasteiger partial charge in [0, 0.05) is 17.3 Å². The minimum atomic E-state index is -0.318. The van der Waals surface area contributed by atoms with Crippen molar-refractivity contribution in [1.29, 1.82) is 0 Å². The van der Waals surface area contributed by atoms with Crippen molar-refractivity contribution in [2.24, 2.45) is 0 Å². The van der Waals surface area contributed by atoms with Crippen molar-refractivity contribution < 1.29 is 13.9 Å². The van der Waals surface area contributed by atoms with E-state index in [1.54, 1.807) is 29.0 Å². The van der Waals surface area contributed by atoms with E-state index in [1.807, 2.05) is 55.6 Å². The number of hydrogen-bond acceptors (Lipinski definition) is 3. The quantitative estimate of drug-likeness (QED) is 0.423. The standard InChI is InChI=1S/C25H17FN2O2/c1-16-7-12-22-21(13-16)25(29)23(30-22)14-18-15-28(20-5-3-2-4-6-20)27-24(18)17-8-10-19(26)11-9-17/h2-15H,1H3/b23-14-. The number of ether oxygens (including phenoxy) is 1. The molecule has 0 spiro atoms. The van der Waals surface area contributed by atoms with Crippen LogP contribution >= 0.6 is 0 Å². The van der Waals surface area contributed by atoms with Crippen molar-refractivity contribution in [3.8, 4) is 22.7 Å². The molecular formula is C25H17FN2O2. The van der Waals surface area contributed by atoms with E-state index in [2.05, 4.69) is 0 Å². The van der Waals surface area contributed by atoms with Crippen LogP contribution in [0.2, 0.25) is 0 Å². The van der Waals surface area contributed by atoms with Crippen LogP contribution in [0.4, 0.5) is 4.39 Å². The summed E-state index contributed by atoms with van der Waals surface area (Å²) in [5.74, 6) is 0.315. The molecular weight excluding hydrogens is 379 g/mol. The molecule has 30 heavy (non-hydrogen) atoms. The van der Waals surface area contributed by atoms with Crippen LogP contribution in [0.25, 0.3) is 23.0 Å². The number of carbonyl (C=O) groups is 1. The van der Waals surface area contributed by atoms with Crippen LogP contribution in [0, 0.1) is 12.7 Å². The van der Waals surface area contributed by atoms with Gasteiger partial charge in [0.15, 0.2) is 5.76 Å². The maximum atomic E-state index is 13.4. The molecule has 0 N–H and O–H groups in total. The summed E-state index contributed by atoms with van der Waals surface area (Å²) in [4.78, 5) is 12.9. The Labute approximate surface area is 172 Å². The topological polar surface area (TPSA) is 44.1 Å². The number of carbonyl (C=O) groups excluding carboxylic acids is 1. The Hall–Kier alpha value is -3.99. The number of aryl methyl sites for hydroxylation is 1. The molecule has 0 saturated carbocycles. The molecule has 0 saturated heterocycles. The highest BCUT2D eigenvalue weighted by Crippen LogP contribution is 2.34. The van der Waals surface area contributed by atoms with E-state index in [0.29, 0.717) is 22.6 Å². The summed E-state index contributed by atoms with van der Waals surface area (Å²) in [7, 11) is 0. The Morgan fingerprint density at radius 3 is 2.53 bits per heavy atom. The SMILES string of the molecule is Cc1ccc2c(c1)C(=O)/C(=C/c1cn(-c3ccccc3)nc1-c1ccc(F)cc1)O2. The van der Waals surface area contributed by atoms with E-state index in [9.17, 15) is 9.18 Å². The van der Waals surface area contributed by atoms with Crippen LogP contribution in [0.3, 0.4) is 0 Å². The van der Waals surface area contributed by atoms with Crippen LogP contribution in [-0.4, -0.2) is 15.6 Å². The molecule has 0 fully saturated rings. The van der Waals surface area contributed by atoms with Crippen molar-refractivity contribution >= 4 is 11.9 Å². The number of allylic oxidation sites excluding steroid dienone is 1. The molecule has 1 aliphatic rings. The van der Waals surface area contributed by atoms with Gasteiger partial charge in [-0.2, -0.15) is 5.10 Å². The van der Waals surface area contributed by atoms with Gasteiger partial charge in [-0.1, -0.05) is 29.8 Å². The van der Waals surface area contributed by atoms with Crippen molar-refractivity contribution in [1.82, 2.24) is 9.78 Å². The number of benzene rings is 3. The van der Waals surface area contributed by atoms with Crippen molar-refractivity contribution in [3.63, 3.8) is 0 Å². The Kier molecular flexibility index (Phi) is 4.29. The summed E-state index contributed by atoms with van der Waals surface area (Å²) in [6.07, 6.45) is 3.54. The van der Waals surface area contributed by atoms with Crippen molar-refractivity contribution in [3.05, 3.63) is 107 Å². The second-order valence-electron chi connectivity index (χ2n) is 7.16. The summed E-state index contributed by atoms with van der Waals surface area (Å²) in [5.41, 5.74) is 4.52. The van der Waals surface area contributed by atoms with Crippen LogP contribution in [-0.2, 0) is 0 Å². The third kappa shape index (κ3) is 3.20. The maximum absolute atomic E-state index is 13.4. The second kappa shape index (κ2) is 7.12. The molecule has 3 aromatic carbocycles. The fourth-order valence-corrected chi connectivity index (χ4v) is 3.48. The number of nitrogens with zero attached hydrogens (tertiary/aromatic N) is 2. The predicted molar refractivity (Wildman–Crippen MR) is 113 cm³/mol. The first-order chi connectivity index (χ1) is 14.6. The number of para-hydroxylation sites is 1. The zero-order valence-corrected chi connectivity index (χ0v) is 16.2. The monoisotopic (exact) mass is 396 g/mol. The van der Waals surface area contributed by atoms with Gasteiger partial charge in [0.2, 0.25) is 5.78 Å². The molecule has 0 bridgehead atoms. The van der Waals surface area contributed by atoms with Gasteiger partial charge in [-0.05, 0) is 61.5 Å². The summed E-state index contributed by atoms with van der Waals surface area (Å²) < 4.78 is 21.0. The third-order valence-electron chi connectivity index (χ3n) is 4.99. The number of Topliss-reactive ketones (excluding diaryl/α,β-unsaturated/α-hetero) is 1. The van der Waals surface area contributed by atoms with E-state index in [4.69, 9.17) is 9.84 Å². The summed E-state index contributed by atoms with van der Waals surface area (Å²) in [6.45, 7) is 1.94. The van der Waals surface area contributed by atoms with Crippen LogP contribution in [0.15, 0.2) is 84.8 Å². The smallest absolute Gasteiger partial charge is 0.231 e. The number of hydrogen-bond donors (Lipinski definition) is 0. The van der Waals surface area contributed by atoms with Gasteiger partial charge >= 0.3 is 0 Å². The van der Waals surface area contributed by atoms with Gasteiger partial charge in [-0.25, -0.2) is 9.07 Å². The van der Waals surface area contributed by atoms with Gasteiger partial charge in [0.05, 0.1) is 11.3 Å². The molecule has 0 atom stereocenters. The lowest BCUT2D eigenvalue weighted by Gasteiger charge is -2.01. The van der Waals surface area contributed by atoms with Crippen LogP contribution in [0.1, 0.15) is 21.5 Å². The van der Waals surface area contributed by atoms with Crippen LogP contribution in [0.5, 0.6) is 5.75 Å². The Morgan fingerprint density at radius 1 is 1.00 bits per heavy atom. The number of halogens is 1. The molecule has 0 radical (unpaired) electrons. The van der Waals surface area contributed by atoms with E-state index < -0.39 is 0 Å². The molecule has 2 heterocycles. The number of ketones is 1. The first kappa shape index (κ1) is 18.1. The summed E-state index contributed by atoms with van der Waals surface area (Å²) >= 11 is 0. The zero-order valence-electron chi connectivity index (χ0n) is 16.2. The predicted octanol–water partition coefficient (Wildman–Crippen LogP) is 5.60. The van der Waals surface area contributed by atoms with Crippen molar-refractivity contribution in [2.75, 3.05) is 0 Å². The fraction of sp³-hybridized carbons (Fsp3) is 0.0400. The molecule has 0 amide bonds. The average Bonchev–Trinajstić information content (AvgIpc) is 3.31. The lowest BCUT2D eigenvalue weighted by Crippen LogP contribution is -1.98. The second-order valence-corrected chi connectivity index (χ2v) is 7.16. The lowest BCUT2D eigenvalue weighted by atomic mass is 10.0. The van der Waals surface area contributed by atoms with Gasteiger partial charge in [0.25, 0.3) is 0 Å². The van der Waals surface area contributed by atoms with Crippen molar-refractivity contribution in [2.45, 2.75) is 6.92 Å². The summed E-state index contributed by atoms with van der Waals surface area (Å²) in [6, 6.07) is 21.3. The number of aromatic nitrogens is 2. The van der Waals surface area contributed by atoms with E-state index in [-0.39, 0.29) is 17.4 Å². The minimum Gasteiger partial charge on any atom is -0.452 e. The third-order valence-corrected chi connectivity index (χ3v) is 4.99. The van der Waals surface area contributed by atoms with Gasteiger partial charge < -0.3 is 4.74 Å². The lowest BCUT2D eigenvalue weighted by molar-refractivity contribution is 0.101. The highest BCUT2D eigenvalue weighted by Gasteiger charge is 2.28. The highest BCUT2D eigenvalue weighted by molar-refractivity contribution is 6.14. The zero-order chi connectivity index (χ0) is 20.7. The van der Waals surface area contributed by atoms with Gasteiger partial charge in [-0.3, -0.25) is 4.79 Å². The normalized spacial score (nSPS) is 14.1. The van der Waals surface area contributed by atoms with E-state index in [1.165, 1.54) is 12.1 Å². The number of rotatable bonds is 3. The van der Waals surface area contributed by atoms with Gasteiger partial charge in [0.1, 0.15) is 17.3 Å². The fourth-order valence-electron chi connectivity index (χ4n) is 3.48. The molecule has 0 unspecified atom stereocenters. The Morgan fingerprint density at radius 2 is 1.77 bits per heavy atom. The average molecular weight is 396 g/mol. The molecule has 5 heteroatoms. The maximum Gasteiger partial charge on any atom is 0.231 e. The van der Waals surface area contributed by atoms with E-state index >= 15 is 0 Å². The van der Waals surface area contributed by atoms with Crippen LogP contribution < -0.4 is 4.74 Å². The first-order valence-electron chi connectivity index (χ1n) is 9.54. The minimum absolute atomic E-state index is 0.161. The largest absolute Gasteiger partial charge is 0.452 e. The number of fused-ring (bicyclic) bond motifs is 1. The molecule has 4 aromatic rings. The highest BCUT2D eigenvalue weighted by atomic mass is 19.1. The molecule has 146 valence electrons. The van der Waals surface area contributed by atoms with E-state index in [0.717, 1.165) is 16.8 Å². The Balaban J connectivity index is 1.62. The molecule has 1 aliphatic heterocycles. The van der Waals surface area contributed by atoms with Gasteiger partial charge in [-0.15, -0.1) is 0 Å². The molecule has 1 aromatic heterocycles. The molecule has 0 aliphatic carbocycles. The first-order valence-corrected chi connectivity index (χ1v) is 9.54.